The minimum absolute atomic E-state index is 0.167. The molecule has 0 spiro atoms. The van der Waals surface area contributed by atoms with Crippen LogP contribution in [0.2, 0.25) is 0 Å². The fraction of sp³-hybridized carbons (Fsp3) is 0.909. The highest BCUT2D eigenvalue weighted by Gasteiger charge is 2.33. The minimum Gasteiger partial charge on any atom is -0.353 e. The molecule has 0 aromatic heterocycles. The SMILES string of the molecule is CCCCCCC1(C)NCCNC1=O. The van der Waals surface area contributed by atoms with Crippen LogP contribution in [0.3, 0.4) is 0 Å². The maximum absolute atomic E-state index is 11.6. The summed E-state index contributed by atoms with van der Waals surface area (Å²) in [7, 11) is 0. The Labute approximate surface area is 86.6 Å². The lowest BCUT2D eigenvalue weighted by Gasteiger charge is -2.33. The number of hydrogen-bond donors (Lipinski definition) is 2. The summed E-state index contributed by atoms with van der Waals surface area (Å²) in [5.74, 6) is 0.167. The van der Waals surface area contributed by atoms with Gasteiger partial charge < -0.3 is 10.6 Å². The van der Waals surface area contributed by atoms with E-state index in [2.05, 4.69) is 17.6 Å². The quantitative estimate of drug-likeness (QED) is 0.656. The van der Waals surface area contributed by atoms with Gasteiger partial charge in [0.05, 0.1) is 5.54 Å². The maximum atomic E-state index is 11.6. The Morgan fingerprint density at radius 2 is 2.07 bits per heavy atom. The molecule has 0 aromatic rings. The predicted octanol–water partition coefficient (Wildman–Crippen LogP) is 1.43. The average molecular weight is 198 g/mol. The maximum Gasteiger partial charge on any atom is 0.240 e. The second-order valence-corrected chi connectivity index (χ2v) is 4.33. The van der Waals surface area contributed by atoms with Crippen LogP contribution < -0.4 is 10.6 Å². The van der Waals surface area contributed by atoms with Gasteiger partial charge in [0, 0.05) is 13.1 Å². The Kier molecular flexibility index (Phi) is 4.39. The highest BCUT2D eigenvalue weighted by molar-refractivity contribution is 5.86. The topological polar surface area (TPSA) is 41.1 Å². The van der Waals surface area contributed by atoms with Crippen LogP contribution in [0.15, 0.2) is 0 Å². The van der Waals surface area contributed by atoms with Crippen LogP contribution in [0.25, 0.3) is 0 Å². The largest absolute Gasteiger partial charge is 0.353 e. The lowest BCUT2D eigenvalue weighted by Crippen LogP contribution is -2.61. The molecule has 3 nitrogen and oxygen atoms in total. The molecule has 1 heterocycles. The molecule has 82 valence electrons. The number of carbonyl (C=O) groups is 1. The van der Waals surface area contributed by atoms with Crippen molar-refractivity contribution in [2.24, 2.45) is 0 Å². The molecule has 1 aliphatic heterocycles. The second-order valence-electron chi connectivity index (χ2n) is 4.33. The van der Waals surface area contributed by atoms with Crippen LogP contribution in [0, 0.1) is 0 Å². The van der Waals surface area contributed by atoms with Crippen molar-refractivity contribution in [2.75, 3.05) is 13.1 Å². The summed E-state index contributed by atoms with van der Waals surface area (Å²) in [5.41, 5.74) is -0.314. The molecule has 1 rings (SSSR count). The normalized spacial score (nSPS) is 27.4. The van der Waals surface area contributed by atoms with Gasteiger partial charge in [0.1, 0.15) is 0 Å². The van der Waals surface area contributed by atoms with Crippen LogP contribution in [-0.4, -0.2) is 24.5 Å². The van der Waals surface area contributed by atoms with Crippen molar-refractivity contribution in [1.29, 1.82) is 0 Å². The van der Waals surface area contributed by atoms with Crippen LogP contribution in [0.1, 0.15) is 46.0 Å². The van der Waals surface area contributed by atoms with Gasteiger partial charge in [0.15, 0.2) is 0 Å². The zero-order chi connectivity index (χ0) is 10.4. The number of carbonyl (C=O) groups excluding carboxylic acids is 1. The molecule has 0 radical (unpaired) electrons. The Hall–Kier alpha value is -0.570. The molecule has 0 aromatic carbocycles. The molecular formula is C11H22N2O. The van der Waals surface area contributed by atoms with Gasteiger partial charge in [-0.05, 0) is 13.3 Å². The monoisotopic (exact) mass is 198 g/mol. The van der Waals surface area contributed by atoms with E-state index >= 15 is 0 Å². The van der Waals surface area contributed by atoms with Crippen molar-refractivity contribution in [3.8, 4) is 0 Å². The second kappa shape index (κ2) is 5.35. The predicted molar refractivity (Wildman–Crippen MR) is 58.2 cm³/mol. The highest BCUT2D eigenvalue weighted by atomic mass is 16.2. The first kappa shape index (κ1) is 11.5. The highest BCUT2D eigenvalue weighted by Crippen LogP contribution is 2.17. The van der Waals surface area contributed by atoms with Gasteiger partial charge in [-0.2, -0.15) is 0 Å². The zero-order valence-electron chi connectivity index (χ0n) is 9.36. The Balaban J connectivity index is 2.28. The third-order valence-electron chi connectivity index (χ3n) is 2.96. The summed E-state index contributed by atoms with van der Waals surface area (Å²) in [5, 5.41) is 6.22. The average Bonchev–Trinajstić information content (AvgIpc) is 2.18. The van der Waals surface area contributed by atoms with Gasteiger partial charge in [-0.25, -0.2) is 0 Å². The Morgan fingerprint density at radius 3 is 2.71 bits per heavy atom. The standard InChI is InChI=1S/C11H22N2O/c1-3-4-5-6-7-11(2)10(14)12-8-9-13-11/h13H,3-9H2,1-2H3,(H,12,14). The molecule has 3 heteroatoms. The minimum atomic E-state index is -0.314. The van der Waals surface area contributed by atoms with Crippen molar-refractivity contribution in [3.63, 3.8) is 0 Å². The van der Waals surface area contributed by atoms with E-state index in [1.807, 2.05) is 6.92 Å². The summed E-state index contributed by atoms with van der Waals surface area (Å²) in [4.78, 5) is 11.6. The fourth-order valence-corrected chi connectivity index (χ4v) is 1.90. The molecule has 2 N–H and O–H groups in total. The molecule has 1 aliphatic rings. The summed E-state index contributed by atoms with van der Waals surface area (Å²) in [6.45, 7) is 5.88. The van der Waals surface area contributed by atoms with Crippen LogP contribution >= 0.6 is 0 Å². The van der Waals surface area contributed by atoms with E-state index in [-0.39, 0.29) is 11.4 Å². The first-order chi connectivity index (χ1) is 6.69. The fourth-order valence-electron chi connectivity index (χ4n) is 1.90. The molecule has 0 bridgehead atoms. The summed E-state index contributed by atoms with van der Waals surface area (Å²) < 4.78 is 0. The summed E-state index contributed by atoms with van der Waals surface area (Å²) in [6, 6.07) is 0. The summed E-state index contributed by atoms with van der Waals surface area (Å²) in [6.07, 6.45) is 5.86. The molecule has 1 unspecified atom stereocenters. The number of piperazine rings is 1. The van der Waals surface area contributed by atoms with E-state index in [0.717, 1.165) is 25.9 Å². The first-order valence-electron chi connectivity index (χ1n) is 5.72. The van der Waals surface area contributed by atoms with Gasteiger partial charge >= 0.3 is 0 Å². The molecule has 0 saturated carbocycles. The van der Waals surface area contributed by atoms with Crippen LogP contribution in [0.5, 0.6) is 0 Å². The van der Waals surface area contributed by atoms with E-state index in [0.29, 0.717) is 0 Å². The molecule has 1 atom stereocenters. The molecule has 1 saturated heterocycles. The molecule has 1 fully saturated rings. The van der Waals surface area contributed by atoms with E-state index < -0.39 is 0 Å². The molecule has 0 aliphatic carbocycles. The number of amides is 1. The van der Waals surface area contributed by atoms with Gasteiger partial charge in [-0.1, -0.05) is 32.6 Å². The Bertz CT molecular complexity index is 194. The molecule has 14 heavy (non-hydrogen) atoms. The first-order valence-corrected chi connectivity index (χ1v) is 5.72. The third-order valence-corrected chi connectivity index (χ3v) is 2.96. The number of unbranched alkanes of at least 4 members (excludes halogenated alkanes) is 3. The van der Waals surface area contributed by atoms with Crippen molar-refractivity contribution >= 4 is 5.91 Å². The van der Waals surface area contributed by atoms with E-state index in [9.17, 15) is 4.79 Å². The van der Waals surface area contributed by atoms with Gasteiger partial charge in [-0.15, -0.1) is 0 Å². The lowest BCUT2D eigenvalue weighted by atomic mass is 9.91. The Morgan fingerprint density at radius 1 is 1.29 bits per heavy atom. The number of rotatable bonds is 5. The lowest BCUT2D eigenvalue weighted by molar-refractivity contribution is -0.128. The zero-order valence-corrected chi connectivity index (χ0v) is 9.36. The van der Waals surface area contributed by atoms with Gasteiger partial charge in [-0.3, -0.25) is 4.79 Å². The third kappa shape index (κ3) is 2.98. The van der Waals surface area contributed by atoms with E-state index in [1.165, 1.54) is 19.3 Å². The van der Waals surface area contributed by atoms with Gasteiger partial charge in [0.25, 0.3) is 0 Å². The smallest absolute Gasteiger partial charge is 0.240 e. The van der Waals surface area contributed by atoms with Crippen LogP contribution in [-0.2, 0) is 4.79 Å². The molecular weight excluding hydrogens is 176 g/mol. The van der Waals surface area contributed by atoms with E-state index in [4.69, 9.17) is 0 Å². The van der Waals surface area contributed by atoms with E-state index in [1.54, 1.807) is 0 Å². The van der Waals surface area contributed by atoms with Crippen molar-refractivity contribution in [3.05, 3.63) is 0 Å². The van der Waals surface area contributed by atoms with Crippen LogP contribution in [0.4, 0.5) is 0 Å². The van der Waals surface area contributed by atoms with Crippen molar-refractivity contribution in [1.82, 2.24) is 10.6 Å². The molecule has 1 amide bonds. The van der Waals surface area contributed by atoms with Crippen molar-refractivity contribution < 1.29 is 4.79 Å². The van der Waals surface area contributed by atoms with Gasteiger partial charge in [0.2, 0.25) is 5.91 Å². The number of hydrogen-bond acceptors (Lipinski definition) is 2. The van der Waals surface area contributed by atoms with Crippen molar-refractivity contribution in [2.45, 2.75) is 51.5 Å². The number of nitrogens with one attached hydrogen (secondary N) is 2. The summed E-state index contributed by atoms with van der Waals surface area (Å²) >= 11 is 0.